The van der Waals surface area contributed by atoms with E-state index in [1.54, 1.807) is 7.11 Å². The molecule has 4 nitrogen and oxygen atoms in total. The molecule has 0 atom stereocenters. The lowest BCUT2D eigenvalue weighted by Crippen LogP contribution is -2.30. The third-order valence-corrected chi connectivity index (χ3v) is 3.73. The van der Waals surface area contributed by atoms with Gasteiger partial charge in [-0.15, -0.1) is 0 Å². The second-order valence-corrected chi connectivity index (χ2v) is 5.19. The van der Waals surface area contributed by atoms with E-state index in [0.29, 0.717) is 6.54 Å². The van der Waals surface area contributed by atoms with Crippen LogP contribution in [0.1, 0.15) is 16.7 Å². The van der Waals surface area contributed by atoms with Crippen LogP contribution in [0.15, 0.2) is 42.5 Å². The van der Waals surface area contributed by atoms with Crippen molar-refractivity contribution in [3.8, 4) is 5.75 Å². The molecule has 2 rings (SSSR count). The molecule has 2 aromatic rings. The highest BCUT2D eigenvalue weighted by Crippen LogP contribution is 2.18. The second kappa shape index (κ2) is 7.50. The number of aryl methyl sites for hydroxylation is 1. The highest BCUT2D eigenvalue weighted by atomic mass is 16.5. The average molecular weight is 298 g/mol. The first-order chi connectivity index (χ1) is 10.6. The summed E-state index contributed by atoms with van der Waals surface area (Å²) in [6, 6.07) is 13.5. The topological polar surface area (TPSA) is 50.4 Å². The predicted molar refractivity (Wildman–Crippen MR) is 89.6 cm³/mol. The average Bonchev–Trinajstić information content (AvgIpc) is 2.52. The van der Waals surface area contributed by atoms with Gasteiger partial charge in [-0.05, 0) is 49.1 Å². The van der Waals surface area contributed by atoms with E-state index < -0.39 is 0 Å². The SMILES string of the molecule is COc1ccccc1CCNC(=O)Nc1cccc(C)c1C. The van der Waals surface area contributed by atoms with Crippen molar-refractivity contribution >= 4 is 11.7 Å². The minimum Gasteiger partial charge on any atom is -0.496 e. The molecular formula is C18H22N2O2. The molecule has 116 valence electrons. The van der Waals surface area contributed by atoms with Crippen LogP contribution in [-0.2, 0) is 6.42 Å². The van der Waals surface area contributed by atoms with Gasteiger partial charge in [-0.3, -0.25) is 0 Å². The fraction of sp³-hybridized carbons (Fsp3) is 0.278. The van der Waals surface area contributed by atoms with Crippen molar-refractivity contribution in [2.75, 3.05) is 19.0 Å². The lowest BCUT2D eigenvalue weighted by atomic mass is 10.1. The summed E-state index contributed by atoms with van der Waals surface area (Å²) < 4.78 is 5.30. The smallest absolute Gasteiger partial charge is 0.319 e. The second-order valence-electron chi connectivity index (χ2n) is 5.19. The molecule has 0 saturated heterocycles. The van der Waals surface area contributed by atoms with Gasteiger partial charge >= 0.3 is 6.03 Å². The molecule has 4 heteroatoms. The van der Waals surface area contributed by atoms with Gasteiger partial charge in [0, 0.05) is 12.2 Å². The van der Waals surface area contributed by atoms with Crippen LogP contribution in [0.4, 0.5) is 10.5 Å². The van der Waals surface area contributed by atoms with Crippen molar-refractivity contribution in [3.05, 3.63) is 59.2 Å². The Morgan fingerprint density at radius 1 is 1.09 bits per heavy atom. The number of nitrogens with one attached hydrogen (secondary N) is 2. The molecule has 0 aliphatic heterocycles. The van der Waals surface area contributed by atoms with Gasteiger partial charge in [0.2, 0.25) is 0 Å². The Kier molecular flexibility index (Phi) is 5.42. The van der Waals surface area contributed by atoms with Crippen LogP contribution in [0.3, 0.4) is 0 Å². The van der Waals surface area contributed by atoms with Crippen molar-refractivity contribution < 1.29 is 9.53 Å². The van der Waals surface area contributed by atoms with Crippen LogP contribution < -0.4 is 15.4 Å². The zero-order valence-electron chi connectivity index (χ0n) is 13.3. The van der Waals surface area contributed by atoms with Crippen molar-refractivity contribution in [2.24, 2.45) is 0 Å². The molecule has 0 saturated carbocycles. The van der Waals surface area contributed by atoms with E-state index in [1.807, 2.05) is 56.3 Å². The first-order valence-corrected chi connectivity index (χ1v) is 7.34. The number of ether oxygens (including phenoxy) is 1. The summed E-state index contributed by atoms with van der Waals surface area (Å²) in [6.07, 6.45) is 0.726. The molecule has 0 aromatic heterocycles. The number of hydrogen-bond acceptors (Lipinski definition) is 2. The number of urea groups is 1. The number of rotatable bonds is 5. The van der Waals surface area contributed by atoms with E-state index in [1.165, 1.54) is 0 Å². The fourth-order valence-corrected chi connectivity index (χ4v) is 2.27. The van der Waals surface area contributed by atoms with Crippen LogP contribution in [0.25, 0.3) is 0 Å². The molecule has 2 amide bonds. The molecule has 0 bridgehead atoms. The summed E-state index contributed by atoms with van der Waals surface area (Å²) in [5, 5.41) is 5.76. The van der Waals surface area contributed by atoms with E-state index >= 15 is 0 Å². The van der Waals surface area contributed by atoms with Crippen molar-refractivity contribution in [1.29, 1.82) is 0 Å². The van der Waals surface area contributed by atoms with Crippen molar-refractivity contribution in [2.45, 2.75) is 20.3 Å². The maximum atomic E-state index is 12.0. The van der Waals surface area contributed by atoms with E-state index in [9.17, 15) is 4.79 Å². The number of methoxy groups -OCH3 is 1. The Labute approximate surface area is 131 Å². The molecule has 22 heavy (non-hydrogen) atoms. The van der Waals surface area contributed by atoms with Crippen LogP contribution in [0.5, 0.6) is 5.75 Å². The largest absolute Gasteiger partial charge is 0.496 e. The monoisotopic (exact) mass is 298 g/mol. The Bertz CT molecular complexity index is 653. The van der Waals surface area contributed by atoms with E-state index in [-0.39, 0.29) is 6.03 Å². The molecule has 2 N–H and O–H groups in total. The van der Waals surface area contributed by atoms with Gasteiger partial charge in [0.15, 0.2) is 0 Å². The van der Waals surface area contributed by atoms with Crippen LogP contribution in [-0.4, -0.2) is 19.7 Å². The quantitative estimate of drug-likeness (QED) is 0.884. The Morgan fingerprint density at radius 3 is 2.64 bits per heavy atom. The summed E-state index contributed by atoms with van der Waals surface area (Å²) in [5.74, 6) is 0.847. The molecule has 0 aliphatic rings. The van der Waals surface area contributed by atoms with Gasteiger partial charge in [-0.25, -0.2) is 4.79 Å². The van der Waals surface area contributed by atoms with Crippen molar-refractivity contribution in [3.63, 3.8) is 0 Å². The van der Waals surface area contributed by atoms with Crippen LogP contribution in [0, 0.1) is 13.8 Å². The van der Waals surface area contributed by atoms with Crippen molar-refractivity contribution in [1.82, 2.24) is 5.32 Å². The molecule has 2 aromatic carbocycles. The first kappa shape index (κ1) is 15.9. The minimum absolute atomic E-state index is 0.191. The van der Waals surface area contributed by atoms with Gasteiger partial charge in [0.25, 0.3) is 0 Å². The summed E-state index contributed by atoms with van der Waals surface area (Å²) in [4.78, 5) is 12.0. The van der Waals surface area contributed by atoms with Crippen LogP contribution >= 0.6 is 0 Å². The minimum atomic E-state index is -0.191. The van der Waals surface area contributed by atoms with E-state index in [2.05, 4.69) is 10.6 Å². The van der Waals surface area contributed by atoms with Gasteiger partial charge in [-0.1, -0.05) is 30.3 Å². The third-order valence-electron chi connectivity index (χ3n) is 3.73. The summed E-state index contributed by atoms with van der Waals surface area (Å²) in [7, 11) is 1.65. The normalized spacial score (nSPS) is 10.1. The number of carbonyl (C=O) groups is 1. The molecule has 0 heterocycles. The predicted octanol–water partition coefficient (Wildman–Crippen LogP) is 3.68. The molecular weight excluding hydrogens is 276 g/mol. The van der Waals surface area contributed by atoms with Gasteiger partial charge in [-0.2, -0.15) is 0 Å². The maximum absolute atomic E-state index is 12.0. The first-order valence-electron chi connectivity index (χ1n) is 7.34. The lowest BCUT2D eigenvalue weighted by Gasteiger charge is -2.12. The number of benzene rings is 2. The van der Waals surface area contributed by atoms with E-state index in [4.69, 9.17) is 4.74 Å². The summed E-state index contributed by atoms with van der Waals surface area (Å²) in [5.41, 5.74) is 4.17. The van der Waals surface area contributed by atoms with Gasteiger partial charge in [0.05, 0.1) is 7.11 Å². The maximum Gasteiger partial charge on any atom is 0.319 e. The van der Waals surface area contributed by atoms with Gasteiger partial charge in [0.1, 0.15) is 5.75 Å². The zero-order valence-corrected chi connectivity index (χ0v) is 13.3. The highest BCUT2D eigenvalue weighted by molar-refractivity contribution is 5.90. The highest BCUT2D eigenvalue weighted by Gasteiger charge is 2.06. The molecule has 0 unspecified atom stereocenters. The summed E-state index contributed by atoms with van der Waals surface area (Å²) >= 11 is 0. The Morgan fingerprint density at radius 2 is 1.86 bits per heavy atom. The number of para-hydroxylation sites is 1. The fourth-order valence-electron chi connectivity index (χ4n) is 2.27. The number of anilines is 1. The number of hydrogen-bond donors (Lipinski definition) is 2. The Balaban J connectivity index is 1.87. The standard InChI is InChI=1S/C18H22N2O2/c1-13-7-6-9-16(14(13)2)20-18(21)19-12-11-15-8-4-5-10-17(15)22-3/h4-10H,11-12H2,1-3H3,(H2,19,20,21). The zero-order chi connectivity index (χ0) is 15.9. The molecule has 0 fully saturated rings. The van der Waals surface area contributed by atoms with E-state index in [0.717, 1.165) is 34.5 Å². The van der Waals surface area contributed by atoms with Gasteiger partial charge < -0.3 is 15.4 Å². The molecule has 0 radical (unpaired) electrons. The number of carbonyl (C=O) groups excluding carboxylic acids is 1. The number of amides is 2. The molecule has 0 spiro atoms. The van der Waals surface area contributed by atoms with Crippen LogP contribution in [0.2, 0.25) is 0 Å². The Hall–Kier alpha value is -2.49. The lowest BCUT2D eigenvalue weighted by molar-refractivity contribution is 0.252. The summed E-state index contributed by atoms with van der Waals surface area (Å²) in [6.45, 7) is 4.58. The third kappa shape index (κ3) is 4.01. The molecule has 0 aliphatic carbocycles.